The Balaban J connectivity index is 1.62. The summed E-state index contributed by atoms with van der Waals surface area (Å²) in [5.41, 5.74) is 3.04. The van der Waals surface area contributed by atoms with E-state index in [4.69, 9.17) is 4.74 Å². The van der Waals surface area contributed by atoms with Gasteiger partial charge < -0.3 is 19.9 Å². The molecule has 3 rings (SSSR count). The first-order chi connectivity index (χ1) is 13.6. The molecule has 0 spiro atoms. The molecule has 0 aliphatic carbocycles. The molecule has 5 nitrogen and oxygen atoms in total. The Morgan fingerprint density at radius 2 is 1.71 bits per heavy atom. The lowest BCUT2D eigenvalue weighted by atomic mass is 10.0. The number of para-hydroxylation sites is 3. The summed E-state index contributed by atoms with van der Waals surface area (Å²) in [6.45, 7) is 11.6. The fourth-order valence-electron chi connectivity index (χ4n) is 3.58. The number of hydrogen-bond donors (Lipinski definition) is 1. The largest absolute Gasteiger partial charge is 0.483 e. The van der Waals surface area contributed by atoms with Crippen LogP contribution in [0.5, 0.6) is 5.75 Å². The molecule has 0 atom stereocenters. The van der Waals surface area contributed by atoms with Crippen molar-refractivity contribution in [1.82, 2.24) is 4.90 Å². The van der Waals surface area contributed by atoms with E-state index in [-0.39, 0.29) is 12.5 Å². The number of likely N-dealkylation sites (N-methyl/N-ethyl adjacent to an activating group) is 1. The van der Waals surface area contributed by atoms with Crippen LogP contribution in [0, 0.1) is 0 Å². The Morgan fingerprint density at radius 3 is 2.43 bits per heavy atom. The number of hydrogen-bond acceptors (Lipinski definition) is 4. The summed E-state index contributed by atoms with van der Waals surface area (Å²) in [5, 5.41) is 3.03. The number of benzene rings is 2. The second kappa shape index (κ2) is 9.60. The van der Waals surface area contributed by atoms with Gasteiger partial charge in [-0.25, -0.2) is 0 Å². The molecule has 150 valence electrons. The lowest BCUT2D eigenvalue weighted by Gasteiger charge is -2.36. The highest BCUT2D eigenvalue weighted by Gasteiger charge is 2.19. The zero-order valence-corrected chi connectivity index (χ0v) is 17.1. The minimum absolute atomic E-state index is 0.00167. The first kappa shape index (κ1) is 20.2. The zero-order chi connectivity index (χ0) is 19.9. The molecular weight excluding hydrogens is 350 g/mol. The maximum absolute atomic E-state index is 12.5. The van der Waals surface area contributed by atoms with Crippen molar-refractivity contribution in [2.45, 2.75) is 26.7 Å². The summed E-state index contributed by atoms with van der Waals surface area (Å²) < 4.78 is 5.81. The van der Waals surface area contributed by atoms with E-state index in [0.29, 0.717) is 5.92 Å². The van der Waals surface area contributed by atoms with Gasteiger partial charge >= 0.3 is 0 Å². The molecule has 28 heavy (non-hydrogen) atoms. The van der Waals surface area contributed by atoms with Crippen molar-refractivity contribution in [1.29, 1.82) is 0 Å². The van der Waals surface area contributed by atoms with Crippen LogP contribution >= 0.6 is 0 Å². The van der Waals surface area contributed by atoms with E-state index in [1.807, 2.05) is 42.5 Å². The molecule has 1 amide bonds. The molecule has 1 saturated heterocycles. The van der Waals surface area contributed by atoms with E-state index in [1.165, 1.54) is 0 Å². The third-order valence-corrected chi connectivity index (χ3v) is 5.24. The summed E-state index contributed by atoms with van der Waals surface area (Å²) in [4.78, 5) is 17.3. The highest BCUT2D eigenvalue weighted by molar-refractivity contribution is 5.95. The van der Waals surface area contributed by atoms with Crippen molar-refractivity contribution in [2.75, 3.05) is 49.5 Å². The number of carbonyl (C=O) groups is 1. The van der Waals surface area contributed by atoms with Crippen LogP contribution in [0.25, 0.3) is 0 Å². The molecule has 5 heteroatoms. The van der Waals surface area contributed by atoms with Crippen LogP contribution < -0.4 is 15.0 Å². The summed E-state index contributed by atoms with van der Waals surface area (Å²) >= 11 is 0. The van der Waals surface area contributed by atoms with E-state index < -0.39 is 0 Å². The van der Waals surface area contributed by atoms with Crippen LogP contribution in [0.4, 0.5) is 11.4 Å². The van der Waals surface area contributed by atoms with Gasteiger partial charge in [-0.2, -0.15) is 0 Å². The smallest absolute Gasteiger partial charge is 0.262 e. The molecule has 2 aromatic rings. The molecule has 1 aliphatic heterocycles. The number of rotatable bonds is 7. The summed E-state index contributed by atoms with van der Waals surface area (Å²) in [7, 11) is 0. The number of anilines is 2. The standard InChI is InChI=1S/C23H31N3O2/c1-4-25-13-15-26(16-14-25)21-11-7-6-10-20(21)24-23(27)17-28-22-12-8-5-9-19(22)18(2)3/h5-12,18H,4,13-17H2,1-3H3,(H,24,27). The van der Waals surface area contributed by atoms with Crippen LogP contribution in [-0.2, 0) is 4.79 Å². The van der Waals surface area contributed by atoms with Crippen LogP contribution in [-0.4, -0.2) is 50.1 Å². The van der Waals surface area contributed by atoms with Gasteiger partial charge in [0.1, 0.15) is 5.75 Å². The van der Waals surface area contributed by atoms with Gasteiger partial charge in [0.15, 0.2) is 6.61 Å². The normalized spacial score (nSPS) is 14.9. The molecule has 1 aliphatic rings. The topological polar surface area (TPSA) is 44.8 Å². The first-order valence-corrected chi connectivity index (χ1v) is 10.2. The number of ether oxygens (including phenoxy) is 1. The van der Waals surface area contributed by atoms with Crippen LogP contribution in [0.2, 0.25) is 0 Å². The monoisotopic (exact) mass is 381 g/mol. The maximum Gasteiger partial charge on any atom is 0.262 e. The van der Waals surface area contributed by atoms with Crippen molar-refractivity contribution in [3.05, 3.63) is 54.1 Å². The average molecular weight is 382 g/mol. The average Bonchev–Trinajstić information content (AvgIpc) is 2.73. The number of amides is 1. The lowest BCUT2D eigenvalue weighted by molar-refractivity contribution is -0.118. The number of carbonyl (C=O) groups excluding carboxylic acids is 1. The van der Waals surface area contributed by atoms with Gasteiger partial charge in [-0.15, -0.1) is 0 Å². The predicted molar refractivity (Wildman–Crippen MR) is 115 cm³/mol. The lowest BCUT2D eigenvalue weighted by Crippen LogP contribution is -2.46. The molecule has 1 fully saturated rings. The molecule has 0 bridgehead atoms. The minimum Gasteiger partial charge on any atom is -0.483 e. The fraction of sp³-hybridized carbons (Fsp3) is 0.435. The molecule has 0 saturated carbocycles. The molecule has 0 unspecified atom stereocenters. The SMILES string of the molecule is CCN1CCN(c2ccccc2NC(=O)COc2ccccc2C(C)C)CC1. The van der Waals surface area contributed by atoms with E-state index in [0.717, 1.165) is 55.4 Å². The Labute approximate surface area is 168 Å². The Hall–Kier alpha value is -2.53. The fourth-order valence-corrected chi connectivity index (χ4v) is 3.58. The number of nitrogens with zero attached hydrogens (tertiary/aromatic N) is 2. The van der Waals surface area contributed by atoms with Gasteiger partial charge in [0, 0.05) is 26.2 Å². The summed E-state index contributed by atoms with van der Waals surface area (Å²) in [5.74, 6) is 0.983. The molecule has 1 heterocycles. The van der Waals surface area contributed by atoms with Crippen molar-refractivity contribution in [2.24, 2.45) is 0 Å². The van der Waals surface area contributed by atoms with E-state index >= 15 is 0 Å². The molecule has 2 aromatic carbocycles. The molecule has 0 aromatic heterocycles. The zero-order valence-electron chi connectivity index (χ0n) is 17.1. The maximum atomic E-state index is 12.5. The molecule has 1 N–H and O–H groups in total. The van der Waals surface area contributed by atoms with Gasteiger partial charge in [0.2, 0.25) is 0 Å². The Bertz CT molecular complexity index is 783. The Morgan fingerprint density at radius 1 is 1.04 bits per heavy atom. The number of piperazine rings is 1. The van der Waals surface area contributed by atoms with Crippen LogP contribution in [0.3, 0.4) is 0 Å². The highest BCUT2D eigenvalue weighted by Crippen LogP contribution is 2.28. The van der Waals surface area contributed by atoms with Gasteiger partial charge in [-0.3, -0.25) is 4.79 Å². The first-order valence-electron chi connectivity index (χ1n) is 10.2. The van der Waals surface area contributed by atoms with E-state index in [1.54, 1.807) is 0 Å². The quantitative estimate of drug-likeness (QED) is 0.788. The third kappa shape index (κ3) is 5.04. The minimum atomic E-state index is -0.141. The van der Waals surface area contributed by atoms with Gasteiger partial charge in [0.05, 0.1) is 11.4 Å². The predicted octanol–water partition coefficient (Wildman–Crippen LogP) is 3.97. The van der Waals surface area contributed by atoms with Gasteiger partial charge in [0.25, 0.3) is 5.91 Å². The molecule has 0 radical (unpaired) electrons. The second-order valence-electron chi connectivity index (χ2n) is 7.47. The van der Waals surface area contributed by atoms with Crippen molar-refractivity contribution in [3.63, 3.8) is 0 Å². The third-order valence-electron chi connectivity index (χ3n) is 5.24. The Kier molecular flexibility index (Phi) is 6.93. The number of nitrogens with one attached hydrogen (secondary N) is 1. The van der Waals surface area contributed by atoms with Crippen LogP contribution in [0.1, 0.15) is 32.3 Å². The van der Waals surface area contributed by atoms with E-state index in [9.17, 15) is 4.79 Å². The van der Waals surface area contributed by atoms with Gasteiger partial charge in [-0.1, -0.05) is 51.1 Å². The van der Waals surface area contributed by atoms with Gasteiger partial charge in [-0.05, 0) is 36.2 Å². The van der Waals surface area contributed by atoms with Crippen molar-refractivity contribution in [3.8, 4) is 5.75 Å². The van der Waals surface area contributed by atoms with Crippen molar-refractivity contribution >= 4 is 17.3 Å². The van der Waals surface area contributed by atoms with E-state index in [2.05, 4.69) is 42.0 Å². The van der Waals surface area contributed by atoms with Crippen molar-refractivity contribution < 1.29 is 9.53 Å². The molecular formula is C23H31N3O2. The summed E-state index contributed by atoms with van der Waals surface area (Å²) in [6.07, 6.45) is 0. The van der Waals surface area contributed by atoms with Crippen LogP contribution in [0.15, 0.2) is 48.5 Å². The second-order valence-corrected chi connectivity index (χ2v) is 7.47. The summed E-state index contributed by atoms with van der Waals surface area (Å²) in [6, 6.07) is 15.9. The highest BCUT2D eigenvalue weighted by atomic mass is 16.5.